The van der Waals surface area contributed by atoms with E-state index >= 15 is 0 Å². The molecule has 3 atom stereocenters. The molecule has 1 heterocycles. The van der Waals surface area contributed by atoms with Crippen LogP contribution < -0.4 is 0 Å². The minimum absolute atomic E-state index is 0.0753. The molecule has 0 spiro atoms. The van der Waals surface area contributed by atoms with Crippen LogP contribution in [0.4, 0.5) is 0 Å². The highest BCUT2D eigenvalue weighted by atomic mass is 16.5. The number of likely N-dealkylation sites (tertiary alicyclic amines) is 1. The molecule has 0 N–H and O–H groups in total. The van der Waals surface area contributed by atoms with Crippen LogP contribution in [-0.4, -0.2) is 49.8 Å². The van der Waals surface area contributed by atoms with Gasteiger partial charge in [0.2, 0.25) is 0 Å². The maximum Gasteiger partial charge on any atom is 0.302 e. The SMILES string of the molecule is COCCN1CC[C@H](OC(C)=O)[C@H](C)[C@@H]1C. The molecule has 0 saturated carbocycles. The van der Waals surface area contributed by atoms with Crippen LogP contribution in [0.3, 0.4) is 0 Å². The molecule has 1 fully saturated rings. The molecule has 0 unspecified atom stereocenters. The van der Waals surface area contributed by atoms with Gasteiger partial charge >= 0.3 is 5.97 Å². The lowest BCUT2D eigenvalue weighted by molar-refractivity contribution is -0.153. The number of hydrogen-bond acceptors (Lipinski definition) is 4. The molecule has 1 saturated heterocycles. The number of piperidine rings is 1. The summed E-state index contributed by atoms with van der Waals surface area (Å²) in [5.41, 5.74) is 0. The first kappa shape index (κ1) is 13.5. The minimum Gasteiger partial charge on any atom is -0.462 e. The van der Waals surface area contributed by atoms with Crippen molar-refractivity contribution >= 4 is 5.97 Å². The first-order chi connectivity index (χ1) is 7.56. The minimum atomic E-state index is -0.172. The highest BCUT2D eigenvalue weighted by Crippen LogP contribution is 2.25. The summed E-state index contributed by atoms with van der Waals surface area (Å²) in [7, 11) is 1.72. The van der Waals surface area contributed by atoms with E-state index in [9.17, 15) is 4.79 Å². The van der Waals surface area contributed by atoms with Gasteiger partial charge in [0, 0.05) is 39.1 Å². The number of hydrogen-bond donors (Lipinski definition) is 0. The molecule has 94 valence electrons. The Balaban J connectivity index is 2.47. The maximum atomic E-state index is 11.0. The number of carbonyl (C=O) groups excluding carboxylic acids is 1. The smallest absolute Gasteiger partial charge is 0.302 e. The van der Waals surface area contributed by atoms with Crippen molar-refractivity contribution in [1.82, 2.24) is 4.90 Å². The molecule has 16 heavy (non-hydrogen) atoms. The zero-order valence-corrected chi connectivity index (χ0v) is 10.7. The lowest BCUT2D eigenvalue weighted by Crippen LogP contribution is -2.50. The standard InChI is InChI=1S/C12H23NO3/c1-9-10(2)13(7-8-15-4)6-5-12(9)16-11(3)14/h9-10,12H,5-8H2,1-4H3/t9-,10+,12+/m1/s1. The molecule has 0 amide bonds. The Kier molecular flexibility index (Phi) is 5.22. The molecule has 0 aromatic rings. The Bertz CT molecular complexity index is 232. The number of methoxy groups -OCH3 is 1. The highest BCUT2D eigenvalue weighted by Gasteiger charge is 2.33. The Morgan fingerprint density at radius 2 is 2.12 bits per heavy atom. The predicted octanol–water partition coefficient (Wildman–Crippen LogP) is 1.29. The highest BCUT2D eigenvalue weighted by molar-refractivity contribution is 5.66. The van der Waals surface area contributed by atoms with Crippen molar-refractivity contribution in [3.8, 4) is 0 Å². The summed E-state index contributed by atoms with van der Waals surface area (Å²) in [6.07, 6.45) is 1.00. The van der Waals surface area contributed by atoms with Gasteiger partial charge in [-0.25, -0.2) is 0 Å². The van der Waals surface area contributed by atoms with Gasteiger partial charge in [-0.1, -0.05) is 6.92 Å². The molecule has 0 aliphatic carbocycles. The van der Waals surface area contributed by atoms with Crippen LogP contribution in [0, 0.1) is 5.92 Å². The van der Waals surface area contributed by atoms with Crippen LogP contribution in [0.1, 0.15) is 27.2 Å². The second kappa shape index (κ2) is 6.21. The summed E-state index contributed by atoms with van der Waals surface area (Å²) in [5, 5.41) is 0. The maximum absolute atomic E-state index is 11.0. The average Bonchev–Trinajstić information content (AvgIpc) is 2.23. The molecule has 1 aliphatic heterocycles. The Morgan fingerprint density at radius 3 is 2.69 bits per heavy atom. The van der Waals surface area contributed by atoms with Crippen molar-refractivity contribution in [3.63, 3.8) is 0 Å². The molecule has 1 rings (SSSR count). The molecule has 4 heteroatoms. The van der Waals surface area contributed by atoms with Crippen LogP contribution in [0.5, 0.6) is 0 Å². The molecular weight excluding hydrogens is 206 g/mol. The van der Waals surface area contributed by atoms with E-state index in [0.29, 0.717) is 12.0 Å². The Hall–Kier alpha value is -0.610. The second-order valence-corrected chi connectivity index (χ2v) is 4.57. The van der Waals surface area contributed by atoms with Gasteiger partial charge in [-0.15, -0.1) is 0 Å². The summed E-state index contributed by atoms with van der Waals surface area (Å²) in [6, 6.07) is 0.438. The zero-order chi connectivity index (χ0) is 12.1. The Morgan fingerprint density at radius 1 is 1.44 bits per heavy atom. The third-order valence-corrected chi connectivity index (χ3v) is 3.52. The fourth-order valence-electron chi connectivity index (χ4n) is 2.31. The predicted molar refractivity (Wildman–Crippen MR) is 62.2 cm³/mol. The van der Waals surface area contributed by atoms with Gasteiger partial charge in [-0.2, -0.15) is 0 Å². The number of carbonyl (C=O) groups is 1. The monoisotopic (exact) mass is 229 g/mol. The van der Waals surface area contributed by atoms with Crippen molar-refractivity contribution in [2.75, 3.05) is 26.8 Å². The van der Waals surface area contributed by atoms with Gasteiger partial charge in [-0.05, 0) is 13.3 Å². The van der Waals surface area contributed by atoms with Crippen molar-refractivity contribution in [2.24, 2.45) is 5.92 Å². The summed E-state index contributed by atoms with van der Waals surface area (Å²) >= 11 is 0. The molecular formula is C12H23NO3. The van der Waals surface area contributed by atoms with Gasteiger partial charge in [-0.3, -0.25) is 9.69 Å². The number of nitrogens with zero attached hydrogens (tertiary/aromatic N) is 1. The summed E-state index contributed by atoms with van der Waals surface area (Å²) in [4.78, 5) is 13.4. The van der Waals surface area contributed by atoms with E-state index < -0.39 is 0 Å². The topological polar surface area (TPSA) is 38.8 Å². The van der Waals surface area contributed by atoms with E-state index in [2.05, 4.69) is 18.7 Å². The molecule has 1 aliphatic rings. The van der Waals surface area contributed by atoms with E-state index in [0.717, 1.165) is 26.1 Å². The third kappa shape index (κ3) is 3.46. The van der Waals surface area contributed by atoms with E-state index in [-0.39, 0.29) is 12.1 Å². The number of esters is 1. The van der Waals surface area contributed by atoms with Crippen molar-refractivity contribution in [3.05, 3.63) is 0 Å². The second-order valence-electron chi connectivity index (χ2n) is 4.57. The lowest BCUT2D eigenvalue weighted by atomic mass is 9.89. The van der Waals surface area contributed by atoms with Crippen LogP contribution >= 0.6 is 0 Å². The Labute approximate surface area is 97.9 Å². The van der Waals surface area contributed by atoms with Gasteiger partial charge in [0.05, 0.1) is 6.61 Å². The molecule has 0 radical (unpaired) electrons. The molecule has 0 aromatic carbocycles. The largest absolute Gasteiger partial charge is 0.462 e. The van der Waals surface area contributed by atoms with Crippen molar-refractivity contribution < 1.29 is 14.3 Å². The normalized spacial score (nSPS) is 31.4. The number of rotatable bonds is 4. The van der Waals surface area contributed by atoms with E-state index in [1.165, 1.54) is 6.92 Å². The lowest BCUT2D eigenvalue weighted by Gasteiger charge is -2.41. The van der Waals surface area contributed by atoms with Crippen LogP contribution in [-0.2, 0) is 14.3 Å². The van der Waals surface area contributed by atoms with Gasteiger partial charge in [0.25, 0.3) is 0 Å². The summed E-state index contributed by atoms with van der Waals surface area (Å²) < 4.78 is 10.4. The van der Waals surface area contributed by atoms with Crippen LogP contribution in [0.15, 0.2) is 0 Å². The van der Waals surface area contributed by atoms with Crippen LogP contribution in [0.25, 0.3) is 0 Å². The number of ether oxygens (including phenoxy) is 2. The molecule has 0 aromatic heterocycles. The van der Waals surface area contributed by atoms with Crippen LogP contribution in [0.2, 0.25) is 0 Å². The zero-order valence-electron chi connectivity index (χ0n) is 10.7. The van der Waals surface area contributed by atoms with E-state index in [1.807, 2.05) is 0 Å². The fourth-order valence-corrected chi connectivity index (χ4v) is 2.31. The van der Waals surface area contributed by atoms with Crippen molar-refractivity contribution in [1.29, 1.82) is 0 Å². The average molecular weight is 229 g/mol. The quantitative estimate of drug-likeness (QED) is 0.681. The summed E-state index contributed by atoms with van der Waals surface area (Å²) in [6.45, 7) is 8.51. The molecule has 0 bridgehead atoms. The van der Waals surface area contributed by atoms with Gasteiger partial charge < -0.3 is 9.47 Å². The third-order valence-electron chi connectivity index (χ3n) is 3.52. The fraction of sp³-hybridized carbons (Fsp3) is 0.917. The van der Waals surface area contributed by atoms with E-state index in [1.54, 1.807) is 7.11 Å². The first-order valence-corrected chi connectivity index (χ1v) is 5.96. The van der Waals surface area contributed by atoms with Gasteiger partial charge in [0.15, 0.2) is 0 Å². The summed E-state index contributed by atoms with van der Waals surface area (Å²) in [5.74, 6) is 0.212. The first-order valence-electron chi connectivity index (χ1n) is 5.96. The molecule has 4 nitrogen and oxygen atoms in total. The van der Waals surface area contributed by atoms with E-state index in [4.69, 9.17) is 9.47 Å². The van der Waals surface area contributed by atoms with Crippen molar-refractivity contribution in [2.45, 2.75) is 39.3 Å². The van der Waals surface area contributed by atoms with Gasteiger partial charge in [0.1, 0.15) is 6.10 Å².